The van der Waals surface area contributed by atoms with Crippen molar-refractivity contribution in [3.8, 4) is 0 Å². The Morgan fingerprint density at radius 1 is 1.15 bits per heavy atom. The minimum Gasteiger partial charge on any atom is -0.305 e. The maximum absolute atomic E-state index is 4.44. The molecule has 0 saturated carbocycles. The molecule has 2 aromatic rings. The molecule has 0 amide bonds. The normalized spacial score (nSPS) is 12.3. The van der Waals surface area contributed by atoms with E-state index in [0.29, 0.717) is 0 Å². The van der Waals surface area contributed by atoms with Gasteiger partial charge in [-0.15, -0.1) is 11.8 Å². The summed E-state index contributed by atoms with van der Waals surface area (Å²) in [6.07, 6.45) is 6.39. The first-order valence-electron chi connectivity index (χ1n) is 7.07. The Labute approximate surface area is 125 Å². The Balaban J connectivity index is 2.22. The molecule has 2 rings (SSSR count). The molecule has 0 spiro atoms. The molecule has 0 aliphatic heterocycles. The third-order valence-corrected chi connectivity index (χ3v) is 3.90. The van der Waals surface area contributed by atoms with Gasteiger partial charge in [0.1, 0.15) is 0 Å². The van der Waals surface area contributed by atoms with E-state index < -0.39 is 0 Å². The van der Waals surface area contributed by atoms with Gasteiger partial charge in [-0.3, -0.25) is 9.97 Å². The van der Waals surface area contributed by atoms with Gasteiger partial charge in [0, 0.05) is 17.3 Å². The fraction of sp³-hybridized carbons (Fsp3) is 0.375. The third-order valence-electron chi connectivity index (χ3n) is 3.00. The molecule has 4 heteroatoms. The van der Waals surface area contributed by atoms with E-state index in [-0.39, 0.29) is 6.04 Å². The largest absolute Gasteiger partial charge is 0.305 e. The lowest BCUT2D eigenvalue weighted by Crippen LogP contribution is -2.24. The Bertz CT molecular complexity index is 499. The fourth-order valence-corrected chi connectivity index (χ4v) is 2.73. The minimum absolute atomic E-state index is 0.115. The molecule has 1 heterocycles. The summed E-state index contributed by atoms with van der Waals surface area (Å²) in [5.74, 6) is 1.10. The number of nitrogens with zero attached hydrogens (tertiary/aromatic N) is 2. The highest BCUT2D eigenvalue weighted by Crippen LogP contribution is 2.23. The summed E-state index contributed by atoms with van der Waals surface area (Å²) in [4.78, 5) is 9.93. The van der Waals surface area contributed by atoms with Gasteiger partial charge in [0.05, 0.1) is 17.9 Å². The van der Waals surface area contributed by atoms with Gasteiger partial charge >= 0.3 is 0 Å². The van der Waals surface area contributed by atoms with Crippen LogP contribution in [0.3, 0.4) is 0 Å². The molecule has 0 aliphatic carbocycles. The van der Waals surface area contributed by atoms with Crippen LogP contribution in [0.25, 0.3) is 0 Å². The van der Waals surface area contributed by atoms with E-state index in [2.05, 4.69) is 53.4 Å². The topological polar surface area (TPSA) is 37.8 Å². The molecule has 1 N–H and O–H groups in total. The lowest BCUT2D eigenvalue weighted by Gasteiger charge is -2.18. The summed E-state index contributed by atoms with van der Waals surface area (Å²) in [7, 11) is 0. The molecule has 0 fully saturated rings. The molecule has 0 radical (unpaired) electrons. The van der Waals surface area contributed by atoms with E-state index in [4.69, 9.17) is 0 Å². The van der Waals surface area contributed by atoms with Crippen molar-refractivity contribution < 1.29 is 0 Å². The first-order valence-corrected chi connectivity index (χ1v) is 8.05. The summed E-state index contributed by atoms with van der Waals surface area (Å²) in [6, 6.07) is 8.84. The van der Waals surface area contributed by atoms with Gasteiger partial charge in [-0.05, 0) is 36.4 Å². The average Bonchev–Trinajstić information content (AvgIpc) is 2.51. The third kappa shape index (κ3) is 4.05. The van der Waals surface area contributed by atoms with Crippen molar-refractivity contribution in [2.75, 3.05) is 12.3 Å². The maximum Gasteiger partial charge on any atom is 0.0801 e. The van der Waals surface area contributed by atoms with Crippen LogP contribution in [0.5, 0.6) is 0 Å². The van der Waals surface area contributed by atoms with Gasteiger partial charge in [0.25, 0.3) is 0 Å². The zero-order chi connectivity index (χ0) is 14.2. The summed E-state index contributed by atoms with van der Waals surface area (Å²) in [5, 5.41) is 3.54. The predicted molar refractivity (Wildman–Crippen MR) is 85.0 cm³/mol. The number of hydrogen-bond acceptors (Lipinski definition) is 4. The summed E-state index contributed by atoms with van der Waals surface area (Å²) in [5.41, 5.74) is 2.20. The van der Waals surface area contributed by atoms with Gasteiger partial charge in [-0.1, -0.05) is 26.0 Å². The van der Waals surface area contributed by atoms with Gasteiger partial charge in [-0.2, -0.15) is 0 Å². The molecule has 3 nitrogen and oxygen atoms in total. The molecule has 106 valence electrons. The van der Waals surface area contributed by atoms with Gasteiger partial charge in [0.15, 0.2) is 0 Å². The molecule has 1 aromatic heterocycles. The highest BCUT2D eigenvalue weighted by atomic mass is 32.2. The van der Waals surface area contributed by atoms with Gasteiger partial charge < -0.3 is 5.32 Å². The second kappa shape index (κ2) is 8.02. The quantitative estimate of drug-likeness (QED) is 0.788. The highest BCUT2D eigenvalue weighted by Gasteiger charge is 2.14. The monoisotopic (exact) mass is 287 g/mol. The second-order valence-electron chi connectivity index (χ2n) is 4.52. The minimum atomic E-state index is 0.115. The Morgan fingerprint density at radius 2 is 1.95 bits per heavy atom. The lowest BCUT2D eigenvalue weighted by atomic mass is 10.0. The van der Waals surface area contributed by atoms with Crippen molar-refractivity contribution in [2.24, 2.45) is 0 Å². The second-order valence-corrected chi connectivity index (χ2v) is 5.86. The average molecular weight is 287 g/mol. The van der Waals surface area contributed by atoms with E-state index in [1.165, 1.54) is 10.5 Å². The highest BCUT2D eigenvalue weighted by molar-refractivity contribution is 7.99. The van der Waals surface area contributed by atoms with Crippen molar-refractivity contribution in [3.63, 3.8) is 0 Å². The van der Waals surface area contributed by atoms with Crippen LogP contribution in [-0.2, 0) is 0 Å². The van der Waals surface area contributed by atoms with E-state index in [0.717, 1.165) is 24.4 Å². The van der Waals surface area contributed by atoms with Crippen molar-refractivity contribution in [2.45, 2.75) is 31.2 Å². The number of thioether (sulfide) groups is 1. The summed E-state index contributed by atoms with van der Waals surface area (Å²) < 4.78 is 0. The predicted octanol–water partition coefficient (Wildman–Crippen LogP) is 3.68. The van der Waals surface area contributed by atoms with Crippen molar-refractivity contribution >= 4 is 11.8 Å². The van der Waals surface area contributed by atoms with Gasteiger partial charge in [0.2, 0.25) is 0 Å². The van der Waals surface area contributed by atoms with Crippen LogP contribution in [0.2, 0.25) is 0 Å². The van der Waals surface area contributed by atoms with Gasteiger partial charge in [-0.25, -0.2) is 0 Å². The SMILES string of the molecule is CCCNC(c1ccc(SCC)cc1)c1cnccn1. The molecule has 20 heavy (non-hydrogen) atoms. The van der Waals surface area contributed by atoms with Crippen LogP contribution in [0.15, 0.2) is 47.8 Å². The molecular formula is C16H21N3S. The van der Waals surface area contributed by atoms with Crippen molar-refractivity contribution in [1.29, 1.82) is 0 Å². The molecule has 1 aromatic carbocycles. The zero-order valence-corrected chi connectivity index (χ0v) is 12.9. The van der Waals surface area contributed by atoms with Crippen LogP contribution in [-0.4, -0.2) is 22.3 Å². The van der Waals surface area contributed by atoms with Crippen LogP contribution in [0, 0.1) is 0 Å². The summed E-state index contributed by atoms with van der Waals surface area (Å²) in [6.45, 7) is 5.30. The van der Waals surface area contributed by atoms with Crippen molar-refractivity contribution in [3.05, 3.63) is 54.1 Å². The fourth-order valence-electron chi connectivity index (χ4n) is 2.06. The zero-order valence-electron chi connectivity index (χ0n) is 12.0. The van der Waals surface area contributed by atoms with Crippen LogP contribution >= 0.6 is 11.8 Å². The van der Waals surface area contributed by atoms with Crippen LogP contribution in [0.1, 0.15) is 37.6 Å². The van der Waals surface area contributed by atoms with E-state index in [9.17, 15) is 0 Å². The number of nitrogens with one attached hydrogen (secondary N) is 1. The summed E-state index contributed by atoms with van der Waals surface area (Å²) >= 11 is 1.86. The molecule has 1 atom stereocenters. The first-order chi connectivity index (χ1) is 9.85. The lowest BCUT2D eigenvalue weighted by molar-refractivity contribution is 0.584. The first kappa shape index (κ1) is 15.0. The van der Waals surface area contributed by atoms with E-state index in [1.54, 1.807) is 12.4 Å². The number of benzene rings is 1. The van der Waals surface area contributed by atoms with Crippen molar-refractivity contribution in [1.82, 2.24) is 15.3 Å². The number of aromatic nitrogens is 2. The van der Waals surface area contributed by atoms with Crippen LogP contribution in [0.4, 0.5) is 0 Å². The maximum atomic E-state index is 4.44. The number of rotatable bonds is 7. The van der Waals surface area contributed by atoms with E-state index in [1.807, 2.05) is 18.0 Å². The standard InChI is InChI=1S/C16H21N3S/c1-3-9-19-16(15-12-17-10-11-18-15)13-5-7-14(8-6-13)20-4-2/h5-8,10-12,16,19H,3-4,9H2,1-2H3. The Kier molecular flexibility index (Phi) is 6.02. The molecular weight excluding hydrogens is 266 g/mol. The Morgan fingerprint density at radius 3 is 2.55 bits per heavy atom. The Hall–Kier alpha value is -1.39. The smallest absolute Gasteiger partial charge is 0.0801 e. The molecule has 1 unspecified atom stereocenters. The van der Waals surface area contributed by atoms with Crippen LogP contribution < -0.4 is 5.32 Å². The number of hydrogen-bond donors (Lipinski definition) is 1. The molecule has 0 saturated heterocycles. The molecule has 0 aliphatic rings. The molecule has 0 bridgehead atoms. The van der Waals surface area contributed by atoms with E-state index >= 15 is 0 Å².